The van der Waals surface area contributed by atoms with Crippen LogP contribution in [0.4, 0.5) is 0 Å². The van der Waals surface area contributed by atoms with Crippen LogP contribution >= 0.6 is 11.3 Å². The molecule has 0 bridgehead atoms. The van der Waals surface area contributed by atoms with E-state index < -0.39 is 0 Å². The Bertz CT molecular complexity index is 890. The number of benzene rings is 2. The number of thiazole rings is 1. The highest BCUT2D eigenvalue weighted by Gasteiger charge is 2.16. The van der Waals surface area contributed by atoms with Crippen LogP contribution in [0.25, 0.3) is 10.2 Å². The summed E-state index contributed by atoms with van der Waals surface area (Å²) in [7, 11) is 5.70. The molecule has 1 unspecified atom stereocenters. The molecule has 0 saturated heterocycles. The number of hydrogen-bond donors (Lipinski definition) is 1. The Hall–Kier alpha value is -2.44. The third-order valence-electron chi connectivity index (χ3n) is 4.73. The van der Waals surface area contributed by atoms with E-state index in [1.165, 1.54) is 4.70 Å². The number of methoxy groups -OCH3 is 1. The summed E-state index contributed by atoms with van der Waals surface area (Å²) in [5, 5.41) is 4.17. The summed E-state index contributed by atoms with van der Waals surface area (Å²) >= 11 is 1.71. The number of aryl methyl sites for hydroxylation is 1. The summed E-state index contributed by atoms with van der Waals surface area (Å²) in [4.78, 5) is 19.1. The monoisotopic (exact) mass is 397 g/mol. The molecule has 5 nitrogen and oxygen atoms in total. The molecule has 0 aliphatic rings. The molecule has 148 valence electrons. The number of rotatable bonds is 9. The van der Waals surface area contributed by atoms with Crippen LogP contribution in [-0.4, -0.2) is 43.5 Å². The lowest BCUT2D eigenvalue weighted by atomic mass is 10.1. The third kappa shape index (κ3) is 5.30. The highest BCUT2D eigenvalue weighted by Crippen LogP contribution is 2.23. The van der Waals surface area contributed by atoms with E-state index in [1.807, 2.05) is 50.5 Å². The van der Waals surface area contributed by atoms with Crippen molar-refractivity contribution in [2.24, 2.45) is 0 Å². The van der Waals surface area contributed by atoms with Gasteiger partial charge in [0.1, 0.15) is 5.75 Å². The van der Waals surface area contributed by atoms with Crippen molar-refractivity contribution >= 4 is 27.5 Å². The summed E-state index contributed by atoms with van der Waals surface area (Å²) < 4.78 is 6.52. The standard InChI is InChI=1S/C22H27N3O2S/c1-25(2)19(16-8-6-9-17(14-16)27-3)15-23-21(26)12-7-13-22-24-18-10-4-5-11-20(18)28-22/h4-6,8-11,14,19H,7,12-13,15H2,1-3H3,(H,23,26). The number of fused-ring (bicyclic) bond motifs is 1. The predicted octanol–water partition coefficient (Wildman–Crippen LogP) is 4.05. The van der Waals surface area contributed by atoms with E-state index in [1.54, 1.807) is 18.4 Å². The summed E-state index contributed by atoms with van der Waals surface area (Å²) in [5.41, 5.74) is 2.16. The van der Waals surface area contributed by atoms with E-state index in [4.69, 9.17) is 4.74 Å². The van der Waals surface area contributed by atoms with Gasteiger partial charge in [0.25, 0.3) is 0 Å². The van der Waals surface area contributed by atoms with Crippen molar-refractivity contribution in [3.63, 3.8) is 0 Å². The summed E-state index contributed by atoms with van der Waals surface area (Å²) in [5.74, 6) is 0.905. The van der Waals surface area contributed by atoms with Gasteiger partial charge in [-0.2, -0.15) is 0 Å². The first-order valence-electron chi connectivity index (χ1n) is 9.48. The Labute approximate surface area is 170 Å². The Kier molecular flexibility index (Phi) is 7.01. The van der Waals surface area contributed by atoms with E-state index in [2.05, 4.69) is 27.3 Å². The van der Waals surface area contributed by atoms with Gasteiger partial charge in [-0.15, -0.1) is 11.3 Å². The molecular formula is C22H27N3O2S. The van der Waals surface area contributed by atoms with Gasteiger partial charge in [-0.1, -0.05) is 24.3 Å². The van der Waals surface area contributed by atoms with Gasteiger partial charge in [0.2, 0.25) is 5.91 Å². The topological polar surface area (TPSA) is 54.5 Å². The number of nitrogens with zero attached hydrogens (tertiary/aromatic N) is 2. The average molecular weight is 398 g/mol. The van der Waals surface area contributed by atoms with Gasteiger partial charge in [0, 0.05) is 13.0 Å². The Morgan fingerprint density at radius 1 is 1.21 bits per heavy atom. The van der Waals surface area contributed by atoms with Gasteiger partial charge in [-0.3, -0.25) is 4.79 Å². The lowest BCUT2D eigenvalue weighted by molar-refractivity contribution is -0.121. The zero-order valence-electron chi connectivity index (χ0n) is 16.6. The van der Waals surface area contributed by atoms with E-state index >= 15 is 0 Å². The second kappa shape index (κ2) is 9.66. The molecule has 0 saturated carbocycles. The molecular weight excluding hydrogens is 370 g/mol. The summed E-state index contributed by atoms with van der Waals surface area (Å²) in [6.45, 7) is 0.570. The normalized spacial score (nSPS) is 12.3. The van der Waals surface area contributed by atoms with Crippen molar-refractivity contribution in [1.82, 2.24) is 15.2 Å². The number of amides is 1. The fourth-order valence-corrected chi connectivity index (χ4v) is 4.18. The average Bonchev–Trinajstić information content (AvgIpc) is 3.11. The van der Waals surface area contributed by atoms with Gasteiger partial charge in [-0.25, -0.2) is 4.98 Å². The molecule has 1 aromatic heterocycles. The first-order chi connectivity index (χ1) is 13.6. The van der Waals surface area contributed by atoms with Crippen molar-refractivity contribution in [2.75, 3.05) is 27.7 Å². The molecule has 3 rings (SSSR count). The van der Waals surface area contributed by atoms with Crippen LogP contribution in [0.2, 0.25) is 0 Å². The molecule has 1 amide bonds. The van der Waals surface area contributed by atoms with E-state index in [0.29, 0.717) is 13.0 Å². The van der Waals surface area contributed by atoms with Gasteiger partial charge in [-0.05, 0) is 56.8 Å². The highest BCUT2D eigenvalue weighted by molar-refractivity contribution is 7.18. The summed E-state index contributed by atoms with van der Waals surface area (Å²) in [6, 6.07) is 16.2. The number of likely N-dealkylation sites (N-methyl/N-ethyl adjacent to an activating group) is 1. The molecule has 0 spiro atoms. The van der Waals surface area contributed by atoms with Crippen molar-refractivity contribution in [2.45, 2.75) is 25.3 Å². The minimum Gasteiger partial charge on any atom is -0.497 e. The molecule has 0 radical (unpaired) electrons. The van der Waals surface area contributed by atoms with Gasteiger partial charge >= 0.3 is 0 Å². The van der Waals surface area contributed by atoms with Crippen molar-refractivity contribution < 1.29 is 9.53 Å². The fourth-order valence-electron chi connectivity index (χ4n) is 3.17. The van der Waals surface area contributed by atoms with Crippen molar-refractivity contribution in [1.29, 1.82) is 0 Å². The molecule has 2 aromatic carbocycles. The number of hydrogen-bond acceptors (Lipinski definition) is 5. The first kappa shape index (κ1) is 20.3. The molecule has 1 heterocycles. The molecule has 1 atom stereocenters. The van der Waals surface area contributed by atoms with E-state index in [9.17, 15) is 4.79 Å². The van der Waals surface area contributed by atoms with Crippen LogP contribution in [-0.2, 0) is 11.2 Å². The predicted molar refractivity (Wildman–Crippen MR) is 115 cm³/mol. The van der Waals surface area contributed by atoms with Crippen molar-refractivity contribution in [3.8, 4) is 5.75 Å². The van der Waals surface area contributed by atoms with Crippen LogP contribution in [0.15, 0.2) is 48.5 Å². The second-order valence-corrected chi connectivity index (χ2v) is 8.10. The molecule has 6 heteroatoms. The van der Waals surface area contributed by atoms with Crippen LogP contribution in [0, 0.1) is 0 Å². The van der Waals surface area contributed by atoms with Crippen LogP contribution in [0.1, 0.15) is 29.5 Å². The van der Waals surface area contributed by atoms with Crippen LogP contribution in [0.5, 0.6) is 5.75 Å². The SMILES string of the molecule is COc1cccc(C(CNC(=O)CCCc2nc3ccccc3s2)N(C)C)c1. The number of para-hydroxylation sites is 1. The first-order valence-corrected chi connectivity index (χ1v) is 10.3. The molecule has 1 N–H and O–H groups in total. The summed E-state index contributed by atoms with van der Waals surface area (Å²) in [6.07, 6.45) is 2.14. The Balaban J connectivity index is 1.49. The fraction of sp³-hybridized carbons (Fsp3) is 0.364. The Morgan fingerprint density at radius 2 is 2.04 bits per heavy atom. The molecule has 0 aliphatic heterocycles. The lowest BCUT2D eigenvalue weighted by Crippen LogP contribution is -2.34. The maximum atomic E-state index is 12.3. The number of aromatic nitrogens is 1. The Morgan fingerprint density at radius 3 is 2.79 bits per heavy atom. The maximum absolute atomic E-state index is 12.3. The molecule has 28 heavy (non-hydrogen) atoms. The van der Waals surface area contributed by atoms with Crippen LogP contribution in [0.3, 0.4) is 0 Å². The highest BCUT2D eigenvalue weighted by atomic mass is 32.1. The maximum Gasteiger partial charge on any atom is 0.220 e. The lowest BCUT2D eigenvalue weighted by Gasteiger charge is -2.25. The second-order valence-electron chi connectivity index (χ2n) is 6.99. The molecule has 0 aliphatic carbocycles. The largest absolute Gasteiger partial charge is 0.497 e. The number of carbonyl (C=O) groups is 1. The van der Waals surface area contributed by atoms with E-state index in [-0.39, 0.29) is 11.9 Å². The number of ether oxygens (including phenoxy) is 1. The zero-order valence-corrected chi connectivity index (χ0v) is 17.5. The quantitative estimate of drug-likeness (QED) is 0.592. The minimum absolute atomic E-state index is 0.0795. The number of carbonyl (C=O) groups excluding carboxylic acids is 1. The molecule has 3 aromatic rings. The third-order valence-corrected chi connectivity index (χ3v) is 5.82. The van der Waals surface area contributed by atoms with Gasteiger partial charge in [0.15, 0.2) is 0 Å². The van der Waals surface area contributed by atoms with Crippen LogP contribution < -0.4 is 10.1 Å². The smallest absolute Gasteiger partial charge is 0.220 e. The van der Waals surface area contributed by atoms with Gasteiger partial charge < -0.3 is 15.0 Å². The zero-order chi connectivity index (χ0) is 19.9. The van der Waals surface area contributed by atoms with Crippen molar-refractivity contribution in [3.05, 3.63) is 59.1 Å². The number of nitrogens with one attached hydrogen (secondary N) is 1. The van der Waals surface area contributed by atoms with E-state index in [0.717, 1.165) is 34.7 Å². The molecule has 0 fully saturated rings. The van der Waals surface area contributed by atoms with Gasteiger partial charge in [0.05, 0.1) is 28.4 Å². The minimum atomic E-state index is 0.0795.